The molecule has 18 heavy (non-hydrogen) atoms. The Morgan fingerprint density at radius 1 is 1.50 bits per heavy atom. The molecule has 1 aromatic carbocycles. The predicted octanol–water partition coefficient (Wildman–Crippen LogP) is 1.70. The maximum Gasteiger partial charge on any atom is 0.208 e. The van der Waals surface area contributed by atoms with Crippen molar-refractivity contribution in [3.8, 4) is 0 Å². The Labute approximate surface area is 108 Å². The Bertz CT molecular complexity index is 553. The first-order valence-corrected chi connectivity index (χ1v) is 7.17. The second-order valence-corrected chi connectivity index (χ2v) is 5.51. The highest BCUT2D eigenvalue weighted by Crippen LogP contribution is 2.21. The van der Waals surface area contributed by atoms with Crippen LogP contribution in [0.15, 0.2) is 22.6 Å². The quantitative estimate of drug-likeness (QED) is 0.637. The summed E-state index contributed by atoms with van der Waals surface area (Å²) >= 11 is 0. The topological polar surface area (TPSA) is 78.3 Å². The van der Waals surface area contributed by atoms with Gasteiger partial charge in [-0.15, -0.1) is 0 Å². The maximum atomic E-state index is 11.8. The van der Waals surface area contributed by atoms with Gasteiger partial charge in [-0.25, -0.2) is 4.98 Å². The number of nitrogens with zero attached hydrogens (tertiary/aromatic N) is 1. The zero-order valence-electron chi connectivity index (χ0n) is 10.2. The van der Waals surface area contributed by atoms with E-state index in [4.69, 9.17) is 14.9 Å². The van der Waals surface area contributed by atoms with Crippen molar-refractivity contribution in [2.24, 2.45) is 0 Å². The van der Waals surface area contributed by atoms with Gasteiger partial charge in [0.2, 0.25) is 5.89 Å². The summed E-state index contributed by atoms with van der Waals surface area (Å²) in [6.45, 7) is 0.617. The van der Waals surface area contributed by atoms with Crippen molar-refractivity contribution in [3.63, 3.8) is 0 Å². The van der Waals surface area contributed by atoms with Gasteiger partial charge in [0.25, 0.3) is 0 Å². The average Bonchev–Trinajstić information content (AvgIpc) is 2.73. The minimum absolute atomic E-state index is 0.317. The first-order valence-electron chi connectivity index (χ1n) is 5.68. The van der Waals surface area contributed by atoms with E-state index in [1.807, 2.05) is 6.07 Å². The molecule has 6 heteroatoms. The molecular formula is C12H16N2O3S. The summed E-state index contributed by atoms with van der Waals surface area (Å²) in [5, 5.41) is 0. The van der Waals surface area contributed by atoms with Crippen LogP contribution in [-0.2, 0) is 21.3 Å². The van der Waals surface area contributed by atoms with Crippen molar-refractivity contribution >= 4 is 27.6 Å². The van der Waals surface area contributed by atoms with Crippen molar-refractivity contribution < 1.29 is 13.4 Å². The third-order valence-corrected chi connectivity index (χ3v) is 3.81. The lowest BCUT2D eigenvalue weighted by molar-refractivity contribution is 0.200. The first kappa shape index (κ1) is 13.0. The van der Waals surface area contributed by atoms with Gasteiger partial charge < -0.3 is 14.9 Å². The van der Waals surface area contributed by atoms with Gasteiger partial charge in [-0.1, -0.05) is 6.07 Å². The summed E-state index contributed by atoms with van der Waals surface area (Å²) in [6, 6.07) is 5.38. The molecule has 1 aromatic heterocycles. The Balaban J connectivity index is 2.03. The van der Waals surface area contributed by atoms with E-state index in [-0.39, 0.29) is 0 Å². The van der Waals surface area contributed by atoms with Gasteiger partial charge in [0.1, 0.15) is 11.3 Å². The van der Waals surface area contributed by atoms with Crippen LogP contribution in [0.2, 0.25) is 0 Å². The third-order valence-electron chi connectivity index (χ3n) is 2.50. The normalized spacial score (nSPS) is 12.9. The van der Waals surface area contributed by atoms with Gasteiger partial charge in [0, 0.05) is 30.3 Å². The van der Waals surface area contributed by atoms with Crippen LogP contribution in [0, 0.1) is 0 Å². The Kier molecular flexibility index (Phi) is 4.33. The number of aromatic nitrogens is 1. The van der Waals surface area contributed by atoms with Gasteiger partial charge in [0.05, 0.1) is 5.69 Å². The lowest BCUT2D eigenvalue weighted by atomic mass is 10.3. The highest BCUT2D eigenvalue weighted by Gasteiger charge is 2.10. The van der Waals surface area contributed by atoms with Gasteiger partial charge in [-0.05, 0) is 18.6 Å². The molecule has 0 aliphatic rings. The van der Waals surface area contributed by atoms with Crippen LogP contribution < -0.4 is 5.73 Å². The average molecular weight is 268 g/mol. The maximum absolute atomic E-state index is 11.8. The second kappa shape index (κ2) is 5.97. The van der Waals surface area contributed by atoms with E-state index in [9.17, 15) is 4.21 Å². The van der Waals surface area contributed by atoms with E-state index in [1.165, 1.54) is 0 Å². The number of rotatable bonds is 6. The summed E-state index contributed by atoms with van der Waals surface area (Å²) in [5.74, 6) is 1.37. The minimum atomic E-state index is -0.983. The van der Waals surface area contributed by atoms with Gasteiger partial charge >= 0.3 is 0 Å². The first-order chi connectivity index (χ1) is 8.70. The predicted molar refractivity (Wildman–Crippen MR) is 71.6 cm³/mol. The van der Waals surface area contributed by atoms with Crippen molar-refractivity contribution in [2.75, 3.05) is 25.2 Å². The van der Waals surface area contributed by atoms with Crippen LogP contribution in [-0.4, -0.2) is 28.7 Å². The van der Waals surface area contributed by atoms with E-state index in [1.54, 1.807) is 19.2 Å². The molecule has 2 aromatic rings. The fourth-order valence-corrected chi connectivity index (χ4v) is 2.63. The number of hydrogen-bond acceptors (Lipinski definition) is 5. The Hall–Kier alpha value is -1.40. The highest BCUT2D eigenvalue weighted by molar-refractivity contribution is 7.84. The van der Waals surface area contributed by atoms with Crippen LogP contribution in [0.1, 0.15) is 12.3 Å². The molecule has 0 fully saturated rings. The van der Waals surface area contributed by atoms with Crippen LogP contribution in [0.3, 0.4) is 0 Å². The number of para-hydroxylation sites is 1. The summed E-state index contributed by atoms with van der Waals surface area (Å²) in [7, 11) is 0.649. The lowest BCUT2D eigenvalue weighted by Gasteiger charge is -1.98. The molecule has 2 rings (SSSR count). The van der Waals surface area contributed by atoms with Crippen molar-refractivity contribution in [2.45, 2.75) is 12.2 Å². The molecule has 1 unspecified atom stereocenters. The molecule has 0 amide bonds. The highest BCUT2D eigenvalue weighted by atomic mass is 32.2. The van der Waals surface area contributed by atoms with Crippen LogP contribution in [0.25, 0.3) is 11.1 Å². The second-order valence-electron chi connectivity index (χ2n) is 3.94. The standard InChI is InChI=1S/C12H16N2O3S/c1-16-6-3-7-18(15)8-11-14-12-9(13)4-2-5-10(12)17-11/h2,4-5H,3,6-8,13H2,1H3. The zero-order valence-corrected chi connectivity index (χ0v) is 11.0. The third kappa shape index (κ3) is 3.08. The Morgan fingerprint density at radius 3 is 3.06 bits per heavy atom. The fourth-order valence-electron chi connectivity index (χ4n) is 1.65. The largest absolute Gasteiger partial charge is 0.440 e. The summed E-state index contributed by atoms with van der Waals surface area (Å²) in [6.07, 6.45) is 0.769. The molecule has 0 radical (unpaired) electrons. The molecule has 0 saturated carbocycles. The molecule has 2 N–H and O–H groups in total. The molecule has 0 bridgehead atoms. The molecule has 0 aliphatic carbocycles. The number of hydrogen-bond donors (Lipinski definition) is 1. The number of methoxy groups -OCH3 is 1. The molecular weight excluding hydrogens is 252 g/mol. The van der Waals surface area contributed by atoms with Crippen LogP contribution in [0.4, 0.5) is 5.69 Å². The lowest BCUT2D eigenvalue weighted by Crippen LogP contribution is -2.04. The monoisotopic (exact) mass is 268 g/mol. The SMILES string of the molecule is COCCCS(=O)Cc1nc2c(N)cccc2o1. The molecule has 0 saturated heterocycles. The number of nitrogen functional groups attached to an aromatic ring is 1. The van der Waals surface area contributed by atoms with E-state index in [0.717, 1.165) is 6.42 Å². The van der Waals surface area contributed by atoms with Crippen molar-refractivity contribution in [1.29, 1.82) is 0 Å². The van der Waals surface area contributed by atoms with E-state index in [0.29, 0.717) is 40.8 Å². The number of anilines is 1. The number of fused-ring (bicyclic) bond motifs is 1. The molecule has 0 spiro atoms. The molecule has 98 valence electrons. The number of ether oxygens (including phenoxy) is 1. The molecule has 5 nitrogen and oxygen atoms in total. The minimum Gasteiger partial charge on any atom is -0.440 e. The summed E-state index contributed by atoms with van der Waals surface area (Å²) in [4.78, 5) is 4.26. The smallest absolute Gasteiger partial charge is 0.208 e. The number of benzene rings is 1. The van der Waals surface area contributed by atoms with E-state index >= 15 is 0 Å². The van der Waals surface area contributed by atoms with E-state index < -0.39 is 10.8 Å². The van der Waals surface area contributed by atoms with Gasteiger partial charge in [0.15, 0.2) is 5.58 Å². The van der Waals surface area contributed by atoms with Crippen molar-refractivity contribution in [1.82, 2.24) is 4.98 Å². The van der Waals surface area contributed by atoms with Crippen LogP contribution in [0.5, 0.6) is 0 Å². The van der Waals surface area contributed by atoms with Gasteiger partial charge in [-0.2, -0.15) is 0 Å². The molecule has 1 atom stereocenters. The van der Waals surface area contributed by atoms with Gasteiger partial charge in [-0.3, -0.25) is 4.21 Å². The zero-order chi connectivity index (χ0) is 13.0. The number of oxazole rings is 1. The summed E-state index contributed by atoms with van der Waals surface area (Å²) < 4.78 is 22.2. The summed E-state index contributed by atoms with van der Waals surface area (Å²) in [5.41, 5.74) is 7.64. The molecule has 1 heterocycles. The van der Waals surface area contributed by atoms with Crippen molar-refractivity contribution in [3.05, 3.63) is 24.1 Å². The number of nitrogens with two attached hydrogens (primary N) is 1. The fraction of sp³-hybridized carbons (Fsp3) is 0.417. The van der Waals surface area contributed by atoms with E-state index in [2.05, 4.69) is 4.98 Å². The Morgan fingerprint density at radius 2 is 2.33 bits per heavy atom. The van der Waals surface area contributed by atoms with Crippen LogP contribution >= 0.6 is 0 Å². The molecule has 0 aliphatic heterocycles.